The molecule has 0 aromatic carbocycles. The Hall–Kier alpha value is -0.810. The lowest BCUT2D eigenvalue weighted by Crippen LogP contribution is -2.44. The van der Waals surface area contributed by atoms with Crippen LogP contribution in [0, 0.1) is 11.3 Å². The molecular formula is C22H46N4O. The molecule has 1 aliphatic rings. The lowest BCUT2D eigenvalue weighted by molar-refractivity contribution is -0.0823. The Kier molecular flexibility index (Phi) is 11.3. The molecule has 5 heteroatoms. The van der Waals surface area contributed by atoms with Crippen LogP contribution in [0.2, 0.25) is 0 Å². The largest absolute Gasteiger partial charge is 0.377 e. The van der Waals surface area contributed by atoms with Crippen LogP contribution in [-0.4, -0.2) is 62.3 Å². The minimum absolute atomic E-state index is 0.171. The van der Waals surface area contributed by atoms with Gasteiger partial charge in [0.2, 0.25) is 0 Å². The summed E-state index contributed by atoms with van der Waals surface area (Å²) in [5, 5.41) is 7.02. The summed E-state index contributed by atoms with van der Waals surface area (Å²) in [6, 6.07) is 0.430. The maximum atomic E-state index is 6.11. The number of aliphatic imine (C=N–C) groups is 1. The molecule has 0 amide bonds. The van der Waals surface area contributed by atoms with Crippen molar-refractivity contribution in [3.05, 3.63) is 0 Å². The van der Waals surface area contributed by atoms with E-state index in [1.165, 1.54) is 19.4 Å². The normalized spacial score (nSPS) is 22.7. The van der Waals surface area contributed by atoms with Crippen LogP contribution in [0.4, 0.5) is 0 Å². The predicted octanol–water partition coefficient (Wildman–Crippen LogP) is 3.89. The number of rotatable bonds is 10. The Morgan fingerprint density at radius 3 is 2.52 bits per heavy atom. The summed E-state index contributed by atoms with van der Waals surface area (Å²) >= 11 is 0. The third-order valence-electron chi connectivity index (χ3n) is 5.52. The molecule has 1 saturated heterocycles. The van der Waals surface area contributed by atoms with Gasteiger partial charge in [-0.25, -0.2) is 0 Å². The van der Waals surface area contributed by atoms with E-state index in [4.69, 9.17) is 9.73 Å². The molecule has 0 saturated carbocycles. The quantitative estimate of drug-likeness (QED) is 0.444. The molecule has 5 nitrogen and oxygen atoms in total. The molecule has 0 spiro atoms. The average Bonchev–Trinajstić information content (AvgIpc) is 2.63. The molecule has 1 heterocycles. The van der Waals surface area contributed by atoms with Gasteiger partial charge >= 0.3 is 0 Å². The van der Waals surface area contributed by atoms with Crippen molar-refractivity contribution >= 4 is 5.96 Å². The number of ether oxygens (including phenoxy) is 1. The summed E-state index contributed by atoms with van der Waals surface area (Å²) in [6.45, 7) is 21.8. The highest BCUT2D eigenvalue weighted by Gasteiger charge is 2.35. The fraction of sp³-hybridized carbons (Fsp3) is 0.955. The van der Waals surface area contributed by atoms with Crippen molar-refractivity contribution in [3.63, 3.8) is 0 Å². The third kappa shape index (κ3) is 9.29. The van der Waals surface area contributed by atoms with Gasteiger partial charge in [-0.1, -0.05) is 34.6 Å². The smallest absolute Gasteiger partial charge is 0.191 e. The first-order valence-corrected chi connectivity index (χ1v) is 11.2. The molecular weight excluding hydrogens is 336 g/mol. The van der Waals surface area contributed by atoms with Crippen LogP contribution in [0.5, 0.6) is 0 Å². The first-order valence-electron chi connectivity index (χ1n) is 11.2. The zero-order valence-corrected chi connectivity index (χ0v) is 19.1. The minimum atomic E-state index is 0.171. The van der Waals surface area contributed by atoms with E-state index in [0.29, 0.717) is 18.1 Å². The second-order valence-electron chi connectivity index (χ2n) is 8.99. The number of nitrogens with one attached hydrogen (secondary N) is 2. The molecule has 0 aromatic rings. The standard InChI is InChI=1S/C22H46N4O/c1-8-23-21(25-18(4)13-11-15-26(9-2)10-3)24-17-19-14-12-16-27-20(19)22(5,6)7/h18-20H,8-17H2,1-7H3,(H2,23,24,25). The van der Waals surface area contributed by atoms with Crippen LogP contribution in [0.25, 0.3) is 0 Å². The fourth-order valence-corrected chi connectivity index (χ4v) is 3.98. The van der Waals surface area contributed by atoms with Crippen molar-refractivity contribution in [2.75, 3.05) is 39.3 Å². The van der Waals surface area contributed by atoms with Crippen molar-refractivity contribution in [1.29, 1.82) is 0 Å². The van der Waals surface area contributed by atoms with E-state index in [1.807, 2.05) is 0 Å². The van der Waals surface area contributed by atoms with Gasteiger partial charge < -0.3 is 20.3 Å². The van der Waals surface area contributed by atoms with E-state index in [0.717, 1.165) is 51.6 Å². The van der Waals surface area contributed by atoms with Gasteiger partial charge in [0, 0.05) is 31.7 Å². The lowest BCUT2D eigenvalue weighted by Gasteiger charge is -2.39. The average molecular weight is 383 g/mol. The van der Waals surface area contributed by atoms with Gasteiger partial charge in [-0.15, -0.1) is 0 Å². The van der Waals surface area contributed by atoms with Crippen LogP contribution in [0.3, 0.4) is 0 Å². The first-order chi connectivity index (χ1) is 12.8. The Labute approximate surface area is 168 Å². The second kappa shape index (κ2) is 12.6. The van der Waals surface area contributed by atoms with Crippen molar-refractivity contribution in [2.24, 2.45) is 16.3 Å². The van der Waals surface area contributed by atoms with E-state index in [2.05, 4.69) is 64.0 Å². The van der Waals surface area contributed by atoms with Gasteiger partial charge in [0.25, 0.3) is 0 Å². The molecule has 0 bridgehead atoms. The van der Waals surface area contributed by atoms with Crippen LogP contribution in [-0.2, 0) is 4.74 Å². The molecule has 0 radical (unpaired) electrons. The zero-order valence-electron chi connectivity index (χ0n) is 19.1. The molecule has 1 fully saturated rings. The number of guanidine groups is 1. The molecule has 1 aliphatic heterocycles. The Morgan fingerprint density at radius 2 is 1.93 bits per heavy atom. The summed E-state index contributed by atoms with van der Waals surface area (Å²) in [5.41, 5.74) is 0.171. The van der Waals surface area contributed by atoms with Gasteiger partial charge in [0.05, 0.1) is 6.10 Å². The maximum Gasteiger partial charge on any atom is 0.191 e. The molecule has 27 heavy (non-hydrogen) atoms. The van der Waals surface area contributed by atoms with E-state index in [1.54, 1.807) is 0 Å². The van der Waals surface area contributed by atoms with Gasteiger partial charge in [0.1, 0.15) is 0 Å². The fourth-order valence-electron chi connectivity index (χ4n) is 3.98. The van der Waals surface area contributed by atoms with Crippen LogP contribution in [0.1, 0.15) is 74.1 Å². The third-order valence-corrected chi connectivity index (χ3v) is 5.52. The number of hydrogen-bond donors (Lipinski definition) is 2. The number of hydrogen-bond acceptors (Lipinski definition) is 3. The Balaban J connectivity index is 2.55. The Bertz CT molecular complexity index is 415. The lowest BCUT2D eigenvalue weighted by atomic mass is 9.78. The minimum Gasteiger partial charge on any atom is -0.377 e. The van der Waals surface area contributed by atoms with Crippen molar-refractivity contribution in [3.8, 4) is 0 Å². The molecule has 0 aromatic heterocycles. The van der Waals surface area contributed by atoms with Gasteiger partial charge in [-0.3, -0.25) is 4.99 Å². The van der Waals surface area contributed by atoms with Gasteiger partial charge in [-0.2, -0.15) is 0 Å². The van der Waals surface area contributed by atoms with Crippen LogP contribution in [0.15, 0.2) is 4.99 Å². The van der Waals surface area contributed by atoms with E-state index < -0.39 is 0 Å². The number of nitrogens with zero attached hydrogens (tertiary/aromatic N) is 2. The van der Waals surface area contributed by atoms with Gasteiger partial charge in [0.15, 0.2) is 5.96 Å². The maximum absolute atomic E-state index is 6.11. The molecule has 3 atom stereocenters. The summed E-state index contributed by atoms with van der Waals surface area (Å²) in [5.74, 6) is 1.46. The Morgan fingerprint density at radius 1 is 1.22 bits per heavy atom. The molecule has 3 unspecified atom stereocenters. The highest BCUT2D eigenvalue weighted by molar-refractivity contribution is 5.80. The molecule has 160 valence electrons. The van der Waals surface area contributed by atoms with Gasteiger partial charge in [-0.05, 0) is 64.6 Å². The topological polar surface area (TPSA) is 48.9 Å². The van der Waals surface area contributed by atoms with Crippen molar-refractivity contribution in [2.45, 2.75) is 86.3 Å². The van der Waals surface area contributed by atoms with Crippen LogP contribution < -0.4 is 10.6 Å². The molecule has 0 aliphatic carbocycles. The van der Waals surface area contributed by atoms with E-state index in [-0.39, 0.29) is 5.41 Å². The summed E-state index contributed by atoms with van der Waals surface area (Å²) < 4.78 is 6.11. The van der Waals surface area contributed by atoms with Crippen molar-refractivity contribution in [1.82, 2.24) is 15.5 Å². The SMILES string of the molecule is CCNC(=NCC1CCCOC1C(C)(C)C)NC(C)CCCN(CC)CC. The summed E-state index contributed by atoms with van der Waals surface area (Å²) in [4.78, 5) is 7.41. The van der Waals surface area contributed by atoms with E-state index in [9.17, 15) is 0 Å². The molecule has 2 N–H and O–H groups in total. The zero-order chi connectivity index (χ0) is 20.3. The summed E-state index contributed by atoms with van der Waals surface area (Å²) in [7, 11) is 0. The summed E-state index contributed by atoms with van der Waals surface area (Å²) in [6.07, 6.45) is 5.04. The predicted molar refractivity (Wildman–Crippen MR) is 118 cm³/mol. The van der Waals surface area contributed by atoms with Crippen molar-refractivity contribution < 1.29 is 4.74 Å². The van der Waals surface area contributed by atoms with E-state index >= 15 is 0 Å². The highest BCUT2D eigenvalue weighted by atomic mass is 16.5. The van der Waals surface area contributed by atoms with Crippen LogP contribution >= 0.6 is 0 Å². The molecule has 1 rings (SSSR count). The second-order valence-corrected chi connectivity index (χ2v) is 8.99. The monoisotopic (exact) mass is 382 g/mol. The highest BCUT2D eigenvalue weighted by Crippen LogP contribution is 2.34. The first kappa shape index (κ1) is 24.2.